The van der Waals surface area contributed by atoms with Crippen molar-refractivity contribution in [3.63, 3.8) is 0 Å². The molecule has 96 valence electrons. The Labute approximate surface area is 118 Å². The molecule has 0 amide bonds. The topological polar surface area (TPSA) is 35.5 Å². The molecule has 2 rings (SSSR count). The Morgan fingerprint density at radius 2 is 2.22 bits per heavy atom. The Morgan fingerprint density at radius 1 is 1.44 bits per heavy atom. The quantitative estimate of drug-likeness (QED) is 0.801. The van der Waals surface area contributed by atoms with Crippen molar-refractivity contribution in [2.75, 3.05) is 13.7 Å². The van der Waals surface area contributed by atoms with Crippen molar-refractivity contribution in [1.29, 1.82) is 0 Å². The average molecular weight is 329 g/mol. The van der Waals surface area contributed by atoms with Crippen LogP contribution >= 0.6 is 27.3 Å². The summed E-state index contributed by atoms with van der Waals surface area (Å²) in [5.74, 6) is 0.618. The highest BCUT2D eigenvalue weighted by Gasteiger charge is 2.14. The zero-order valence-electron chi connectivity index (χ0n) is 10.2. The number of esters is 1. The van der Waals surface area contributed by atoms with Crippen LogP contribution in [0.2, 0.25) is 0 Å². The van der Waals surface area contributed by atoms with E-state index in [1.165, 1.54) is 0 Å². The van der Waals surface area contributed by atoms with Crippen LogP contribution in [0.4, 0.5) is 0 Å². The van der Waals surface area contributed by atoms with E-state index in [9.17, 15) is 4.79 Å². The summed E-state index contributed by atoms with van der Waals surface area (Å²) in [6.07, 6.45) is 0.292. The molecule has 0 aliphatic rings. The van der Waals surface area contributed by atoms with Crippen LogP contribution in [-0.2, 0) is 16.0 Å². The van der Waals surface area contributed by atoms with E-state index < -0.39 is 0 Å². The number of ether oxygens (including phenoxy) is 2. The number of methoxy groups -OCH3 is 1. The van der Waals surface area contributed by atoms with Gasteiger partial charge in [0, 0.05) is 4.70 Å². The number of hydrogen-bond donors (Lipinski definition) is 0. The van der Waals surface area contributed by atoms with Gasteiger partial charge < -0.3 is 9.47 Å². The van der Waals surface area contributed by atoms with Crippen LogP contribution in [0.5, 0.6) is 5.75 Å². The van der Waals surface area contributed by atoms with Gasteiger partial charge in [-0.25, -0.2) is 0 Å². The van der Waals surface area contributed by atoms with E-state index in [0.29, 0.717) is 13.0 Å². The summed E-state index contributed by atoms with van der Waals surface area (Å²) in [7, 11) is 1.64. The summed E-state index contributed by atoms with van der Waals surface area (Å²) in [4.78, 5) is 11.6. The van der Waals surface area contributed by atoms with Gasteiger partial charge in [0.25, 0.3) is 0 Å². The second-order valence-corrected chi connectivity index (χ2v) is 6.07. The zero-order valence-corrected chi connectivity index (χ0v) is 12.6. The summed E-state index contributed by atoms with van der Waals surface area (Å²) in [5.41, 5.74) is 0.983. The van der Waals surface area contributed by atoms with Crippen LogP contribution in [-0.4, -0.2) is 19.7 Å². The minimum absolute atomic E-state index is 0.200. The van der Waals surface area contributed by atoms with Crippen LogP contribution in [0, 0.1) is 0 Å². The molecule has 0 unspecified atom stereocenters. The van der Waals surface area contributed by atoms with Crippen LogP contribution < -0.4 is 4.74 Å². The molecule has 0 saturated carbocycles. The largest absolute Gasteiger partial charge is 0.497 e. The molecule has 0 fully saturated rings. The third-order valence-electron chi connectivity index (χ3n) is 2.58. The lowest BCUT2D eigenvalue weighted by atomic mass is 10.1. The van der Waals surface area contributed by atoms with Crippen LogP contribution in [0.1, 0.15) is 12.5 Å². The SMILES string of the molecule is CCOC(=O)Cc1c(Br)sc2cc(OC)ccc12. The molecule has 0 atom stereocenters. The van der Waals surface area contributed by atoms with Gasteiger partial charge in [0.15, 0.2) is 0 Å². The summed E-state index contributed by atoms with van der Waals surface area (Å²) in [5, 5.41) is 1.07. The lowest BCUT2D eigenvalue weighted by molar-refractivity contribution is -0.142. The smallest absolute Gasteiger partial charge is 0.310 e. The third-order valence-corrected chi connectivity index (χ3v) is 4.52. The second kappa shape index (κ2) is 5.71. The van der Waals surface area contributed by atoms with Gasteiger partial charge in [0.2, 0.25) is 0 Å². The number of fused-ring (bicyclic) bond motifs is 1. The van der Waals surface area contributed by atoms with Crippen LogP contribution in [0.25, 0.3) is 10.1 Å². The number of carbonyl (C=O) groups excluding carboxylic acids is 1. The monoisotopic (exact) mass is 328 g/mol. The first kappa shape index (κ1) is 13.4. The van der Waals surface area contributed by atoms with E-state index in [0.717, 1.165) is 25.2 Å². The van der Waals surface area contributed by atoms with E-state index in [1.54, 1.807) is 18.4 Å². The predicted octanol–water partition coefficient (Wildman–Crippen LogP) is 3.78. The van der Waals surface area contributed by atoms with Gasteiger partial charge in [-0.05, 0) is 52.0 Å². The van der Waals surface area contributed by atoms with Gasteiger partial charge >= 0.3 is 5.97 Å². The highest BCUT2D eigenvalue weighted by molar-refractivity contribution is 9.11. The standard InChI is InChI=1S/C13H13BrO3S/c1-3-17-12(15)7-10-9-5-4-8(16-2)6-11(9)18-13(10)14/h4-6H,3,7H2,1-2H3. The Morgan fingerprint density at radius 3 is 2.89 bits per heavy atom. The molecule has 1 aromatic heterocycles. The summed E-state index contributed by atoms with van der Waals surface area (Å²) < 4.78 is 12.2. The van der Waals surface area contributed by atoms with Crippen molar-refractivity contribution in [3.8, 4) is 5.75 Å². The summed E-state index contributed by atoms with van der Waals surface area (Å²) in [6.45, 7) is 2.22. The van der Waals surface area contributed by atoms with Gasteiger partial charge in [-0.1, -0.05) is 0 Å². The highest BCUT2D eigenvalue weighted by atomic mass is 79.9. The summed E-state index contributed by atoms with van der Waals surface area (Å²) >= 11 is 5.10. The van der Waals surface area contributed by atoms with E-state index in [1.807, 2.05) is 25.1 Å². The van der Waals surface area contributed by atoms with E-state index in [4.69, 9.17) is 9.47 Å². The van der Waals surface area contributed by atoms with Crippen molar-refractivity contribution in [1.82, 2.24) is 0 Å². The maximum absolute atomic E-state index is 11.6. The molecule has 2 aromatic rings. The average Bonchev–Trinajstić information content (AvgIpc) is 2.65. The third kappa shape index (κ3) is 2.67. The minimum atomic E-state index is -0.200. The molecule has 0 bridgehead atoms. The van der Waals surface area contributed by atoms with Gasteiger partial charge in [-0.15, -0.1) is 11.3 Å². The molecule has 0 radical (unpaired) electrons. The molecule has 0 aliphatic heterocycles. The molecule has 1 heterocycles. The van der Waals surface area contributed by atoms with E-state index in [-0.39, 0.29) is 5.97 Å². The molecule has 0 spiro atoms. The first-order valence-electron chi connectivity index (χ1n) is 5.56. The lowest BCUT2D eigenvalue weighted by Crippen LogP contribution is -2.07. The number of halogens is 1. The van der Waals surface area contributed by atoms with E-state index in [2.05, 4.69) is 15.9 Å². The van der Waals surface area contributed by atoms with E-state index >= 15 is 0 Å². The van der Waals surface area contributed by atoms with Gasteiger partial charge in [0.05, 0.1) is 23.9 Å². The molecule has 5 heteroatoms. The van der Waals surface area contributed by atoms with Crippen molar-refractivity contribution in [3.05, 3.63) is 27.5 Å². The Kier molecular flexibility index (Phi) is 4.24. The first-order chi connectivity index (χ1) is 8.65. The minimum Gasteiger partial charge on any atom is -0.497 e. The molecule has 0 N–H and O–H groups in total. The Bertz CT molecular complexity index is 577. The maximum Gasteiger partial charge on any atom is 0.310 e. The van der Waals surface area contributed by atoms with Crippen LogP contribution in [0.15, 0.2) is 22.0 Å². The molecule has 3 nitrogen and oxygen atoms in total. The number of thiophene rings is 1. The van der Waals surface area contributed by atoms with Crippen LogP contribution in [0.3, 0.4) is 0 Å². The second-order valence-electron chi connectivity index (χ2n) is 3.70. The fraction of sp³-hybridized carbons (Fsp3) is 0.308. The zero-order chi connectivity index (χ0) is 13.1. The molecule has 1 aromatic carbocycles. The molecule has 0 saturated heterocycles. The van der Waals surface area contributed by atoms with Crippen molar-refractivity contribution >= 4 is 43.3 Å². The van der Waals surface area contributed by atoms with Crippen molar-refractivity contribution in [2.24, 2.45) is 0 Å². The Balaban J connectivity index is 2.38. The highest BCUT2D eigenvalue weighted by Crippen LogP contribution is 2.37. The Hall–Kier alpha value is -1.07. The fourth-order valence-corrected chi connectivity index (χ4v) is 3.60. The van der Waals surface area contributed by atoms with Gasteiger partial charge in [0.1, 0.15) is 5.75 Å². The lowest BCUT2D eigenvalue weighted by Gasteiger charge is -2.02. The summed E-state index contributed by atoms with van der Waals surface area (Å²) in [6, 6.07) is 5.85. The number of hydrogen-bond acceptors (Lipinski definition) is 4. The number of benzene rings is 1. The van der Waals surface area contributed by atoms with Crippen molar-refractivity contribution < 1.29 is 14.3 Å². The maximum atomic E-state index is 11.6. The number of carbonyl (C=O) groups is 1. The predicted molar refractivity (Wildman–Crippen MR) is 76.4 cm³/mol. The van der Waals surface area contributed by atoms with Crippen molar-refractivity contribution in [2.45, 2.75) is 13.3 Å². The first-order valence-corrected chi connectivity index (χ1v) is 7.17. The number of rotatable bonds is 4. The molecule has 18 heavy (non-hydrogen) atoms. The van der Waals surface area contributed by atoms with Gasteiger partial charge in [-0.3, -0.25) is 4.79 Å². The normalized spacial score (nSPS) is 10.6. The molecular formula is C13H13BrO3S. The fourth-order valence-electron chi connectivity index (χ4n) is 1.75. The molecule has 0 aliphatic carbocycles. The molecular weight excluding hydrogens is 316 g/mol. The van der Waals surface area contributed by atoms with Gasteiger partial charge in [-0.2, -0.15) is 0 Å².